The van der Waals surface area contributed by atoms with Crippen molar-refractivity contribution in [1.82, 2.24) is 0 Å². The van der Waals surface area contributed by atoms with Gasteiger partial charge in [-0.1, -0.05) is 45.6 Å². The van der Waals surface area contributed by atoms with E-state index in [4.69, 9.17) is 4.74 Å². The van der Waals surface area contributed by atoms with Crippen LogP contribution in [0.15, 0.2) is 11.6 Å². The van der Waals surface area contributed by atoms with Gasteiger partial charge >= 0.3 is 5.97 Å². The third-order valence-electron chi connectivity index (χ3n) is 9.74. The first-order valence-electron chi connectivity index (χ1n) is 12.9. The highest BCUT2D eigenvalue weighted by Gasteiger charge is 2.61. The molecule has 0 heterocycles. The number of hydrogen-bond acceptors (Lipinski definition) is 6. The highest BCUT2D eigenvalue weighted by atomic mass is 16.5. The Morgan fingerprint density at radius 3 is 2.52 bits per heavy atom. The molecule has 0 bridgehead atoms. The quantitative estimate of drug-likeness (QED) is 0.585. The SMILES string of the molecule is CCC1C2CCC3=CC(=O)CCC3(C)C2C(O)CC1(C)C(OC(=O)C1CCCC1)C(=O)CO. The van der Waals surface area contributed by atoms with E-state index in [1.165, 1.54) is 0 Å². The van der Waals surface area contributed by atoms with Crippen LogP contribution in [0.2, 0.25) is 0 Å². The minimum Gasteiger partial charge on any atom is -0.453 e. The molecule has 7 atom stereocenters. The Kier molecular flexibility index (Phi) is 6.90. The molecule has 0 aliphatic heterocycles. The molecule has 4 aliphatic rings. The van der Waals surface area contributed by atoms with Gasteiger partial charge in [0.1, 0.15) is 6.61 Å². The summed E-state index contributed by atoms with van der Waals surface area (Å²) in [6.07, 6.45) is 7.72. The maximum Gasteiger partial charge on any atom is 0.309 e. The smallest absolute Gasteiger partial charge is 0.309 e. The Balaban J connectivity index is 1.67. The molecule has 7 unspecified atom stereocenters. The lowest BCUT2D eigenvalue weighted by molar-refractivity contribution is -0.192. The molecule has 184 valence electrons. The average Bonchev–Trinajstić information content (AvgIpc) is 3.32. The number of fused-ring (bicyclic) bond motifs is 3. The van der Waals surface area contributed by atoms with Gasteiger partial charge in [-0.15, -0.1) is 0 Å². The number of ether oxygens (including phenoxy) is 1. The van der Waals surface area contributed by atoms with Crippen LogP contribution < -0.4 is 0 Å². The lowest BCUT2D eigenvalue weighted by Gasteiger charge is -2.61. The molecule has 0 radical (unpaired) electrons. The number of Topliss-reactive ketones (excluding diaryl/α,β-unsaturated/α-hetero) is 1. The van der Waals surface area contributed by atoms with Crippen LogP contribution in [0.3, 0.4) is 0 Å². The van der Waals surface area contributed by atoms with E-state index in [2.05, 4.69) is 13.8 Å². The van der Waals surface area contributed by atoms with Crippen LogP contribution in [0.25, 0.3) is 0 Å². The zero-order valence-corrected chi connectivity index (χ0v) is 20.3. The largest absolute Gasteiger partial charge is 0.453 e. The number of allylic oxidation sites excluding steroid dienone is 2. The highest BCUT2D eigenvalue weighted by Crippen LogP contribution is 2.63. The summed E-state index contributed by atoms with van der Waals surface area (Å²) in [6.45, 7) is 5.59. The molecule has 33 heavy (non-hydrogen) atoms. The van der Waals surface area contributed by atoms with Gasteiger partial charge in [0.05, 0.1) is 12.0 Å². The molecule has 0 saturated heterocycles. The molecule has 2 N–H and O–H groups in total. The molecule has 4 aliphatic carbocycles. The summed E-state index contributed by atoms with van der Waals surface area (Å²) in [7, 11) is 0. The predicted octanol–water partition coefficient (Wildman–Crippen LogP) is 3.77. The zero-order valence-electron chi connectivity index (χ0n) is 20.3. The zero-order chi connectivity index (χ0) is 24.0. The average molecular weight is 461 g/mol. The number of esters is 1. The second-order valence-electron chi connectivity index (χ2n) is 11.5. The molecule has 6 nitrogen and oxygen atoms in total. The number of carbonyl (C=O) groups is 3. The summed E-state index contributed by atoms with van der Waals surface area (Å²) < 4.78 is 5.92. The molecular weight excluding hydrogens is 420 g/mol. The predicted molar refractivity (Wildman–Crippen MR) is 123 cm³/mol. The van der Waals surface area contributed by atoms with Crippen molar-refractivity contribution in [3.05, 3.63) is 11.6 Å². The van der Waals surface area contributed by atoms with Crippen LogP contribution in [0.5, 0.6) is 0 Å². The van der Waals surface area contributed by atoms with E-state index >= 15 is 0 Å². The molecule has 0 spiro atoms. The van der Waals surface area contributed by atoms with Crippen molar-refractivity contribution in [3.8, 4) is 0 Å². The maximum atomic E-state index is 13.0. The van der Waals surface area contributed by atoms with E-state index in [1.54, 1.807) is 0 Å². The minimum atomic E-state index is -1.05. The third kappa shape index (κ3) is 4.12. The summed E-state index contributed by atoms with van der Waals surface area (Å²) in [5.41, 5.74) is 0.196. The Bertz CT molecular complexity index is 826. The maximum absolute atomic E-state index is 13.0. The summed E-state index contributed by atoms with van der Waals surface area (Å²) in [4.78, 5) is 38.0. The van der Waals surface area contributed by atoms with Gasteiger partial charge in [-0.2, -0.15) is 0 Å². The fourth-order valence-corrected chi connectivity index (χ4v) is 8.16. The van der Waals surface area contributed by atoms with Crippen molar-refractivity contribution < 1.29 is 29.3 Å². The normalized spacial score (nSPS) is 39.9. The second-order valence-corrected chi connectivity index (χ2v) is 11.5. The molecular formula is C27H40O6. The van der Waals surface area contributed by atoms with Crippen molar-refractivity contribution in [2.45, 2.75) is 97.2 Å². The van der Waals surface area contributed by atoms with Gasteiger partial charge in [0, 0.05) is 11.8 Å². The Hall–Kier alpha value is -1.53. The van der Waals surface area contributed by atoms with Crippen LogP contribution in [-0.4, -0.2) is 46.6 Å². The number of ketones is 2. The molecule has 3 fully saturated rings. The molecule has 6 heteroatoms. The number of carbonyl (C=O) groups excluding carboxylic acids is 3. The van der Waals surface area contributed by atoms with Gasteiger partial charge in [-0.3, -0.25) is 14.4 Å². The monoisotopic (exact) mass is 460 g/mol. The van der Waals surface area contributed by atoms with E-state index in [0.29, 0.717) is 12.8 Å². The highest BCUT2D eigenvalue weighted by molar-refractivity contribution is 5.91. The second kappa shape index (κ2) is 9.26. The molecule has 0 aromatic heterocycles. The van der Waals surface area contributed by atoms with E-state index in [1.807, 2.05) is 13.0 Å². The first-order valence-corrected chi connectivity index (χ1v) is 12.9. The molecule has 0 aromatic rings. The fraction of sp³-hybridized carbons (Fsp3) is 0.815. The van der Waals surface area contributed by atoms with Crippen molar-refractivity contribution in [1.29, 1.82) is 0 Å². The third-order valence-corrected chi connectivity index (χ3v) is 9.74. The first-order chi connectivity index (χ1) is 15.7. The lowest BCUT2D eigenvalue weighted by atomic mass is 9.45. The number of hydrogen-bond donors (Lipinski definition) is 2. The number of aliphatic hydroxyl groups excluding tert-OH is 2. The minimum absolute atomic E-state index is 0.0130. The van der Waals surface area contributed by atoms with Gasteiger partial charge in [0.2, 0.25) is 0 Å². The molecule has 3 saturated carbocycles. The molecule has 0 aromatic carbocycles. The van der Waals surface area contributed by atoms with Crippen molar-refractivity contribution in [3.63, 3.8) is 0 Å². The van der Waals surface area contributed by atoms with Crippen LogP contribution in [-0.2, 0) is 19.1 Å². The summed E-state index contributed by atoms with van der Waals surface area (Å²) in [5, 5.41) is 21.3. The number of aliphatic hydroxyl groups is 2. The van der Waals surface area contributed by atoms with Gasteiger partial charge in [0.25, 0.3) is 0 Å². The Labute approximate surface area is 197 Å². The van der Waals surface area contributed by atoms with E-state index in [9.17, 15) is 24.6 Å². The first kappa shape index (κ1) is 24.6. The van der Waals surface area contributed by atoms with Crippen LogP contribution in [0.4, 0.5) is 0 Å². The van der Waals surface area contributed by atoms with Crippen molar-refractivity contribution in [2.24, 2.45) is 34.5 Å². The van der Waals surface area contributed by atoms with E-state index in [0.717, 1.165) is 56.9 Å². The topological polar surface area (TPSA) is 101 Å². The fourth-order valence-electron chi connectivity index (χ4n) is 8.16. The van der Waals surface area contributed by atoms with Crippen LogP contribution in [0.1, 0.15) is 85.0 Å². The molecule has 0 amide bonds. The van der Waals surface area contributed by atoms with Gasteiger partial charge in [0.15, 0.2) is 17.7 Å². The van der Waals surface area contributed by atoms with Crippen LogP contribution >= 0.6 is 0 Å². The van der Waals surface area contributed by atoms with Gasteiger partial charge in [-0.25, -0.2) is 0 Å². The Morgan fingerprint density at radius 1 is 1.18 bits per heavy atom. The van der Waals surface area contributed by atoms with E-state index in [-0.39, 0.29) is 40.8 Å². The standard InChI is InChI=1S/C27H40O6/c1-4-20-19-10-9-17-13-18(29)11-12-26(17,2)23(19)21(30)14-27(20,3)24(22(31)15-28)33-25(32)16-7-5-6-8-16/h13,16,19-21,23-24,28,30H,4-12,14-15H2,1-3H3. The summed E-state index contributed by atoms with van der Waals surface area (Å²) in [6, 6.07) is 0. The van der Waals surface area contributed by atoms with Gasteiger partial charge < -0.3 is 14.9 Å². The lowest BCUT2D eigenvalue weighted by Crippen LogP contribution is -2.61. The Morgan fingerprint density at radius 2 is 1.88 bits per heavy atom. The van der Waals surface area contributed by atoms with Gasteiger partial charge in [-0.05, 0) is 67.8 Å². The molecule has 4 rings (SSSR count). The van der Waals surface area contributed by atoms with Crippen molar-refractivity contribution in [2.75, 3.05) is 6.61 Å². The van der Waals surface area contributed by atoms with E-state index < -0.39 is 30.0 Å². The number of rotatable bonds is 6. The summed E-state index contributed by atoms with van der Waals surface area (Å²) >= 11 is 0. The summed E-state index contributed by atoms with van der Waals surface area (Å²) in [5.74, 6) is -0.561. The van der Waals surface area contributed by atoms with Crippen molar-refractivity contribution >= 4 is 17.5 Å². The van der Waals surface area contributed by atoms with Crippen LogP contribution in [0, 0.1) is 34.5 Å².